The molecule has 1 fully saturated rings. The van der Waals surface area contributed by atoms with Gasteiger partial charge in [0.2, 0.25) is 0 Å². The summed E-state index contributed by atoms with van der Waals surface area (Å²) < 4.78 is 0. The number of anilines is 2. The van der Waals surface area contributed by atoms with E-state index >= 15 is 0 Å². The third-order valence-corrected chi connectivity index (χ3v) is 5.53. The number of hydrogen-bond acceptors (Lipinski definition) is 3. The zero-order valence-corrected chi connectivity index (χ0v) is 18.6. The second-order valence-corrected chi connectivity index (χ2v) is 9.08. The van der Waals surface area contributed by atoms with Crippen molar-refractivity contribution in [1.82, 2.24) is 4.90 Å². The number of para-hydroxylation sites is 1. The minimum atomic E-state index is 0.0609. The van der Waals surface area contributed by atoms with E-state index in [-0.39, 0.29) is 16.4 Å². The van der Waals surface area contributed by atoms with Crippen LogP contribution in [0.1, 0.15) is 36.7 Å². The van der Waals surface area contributed by atoms with Crippen LogP contribution in [0.4, 0.5) is 11.4 Å². The number of nitrogens with zero attached hydrogens (tertiary/aromatic N) is 2. The number of hydrogen-bond donors (Lipinski definition) is 2. The lowest BCUT2D eigenvalue weighted by Crippen LogP contribution is -2.49. The van der Waals surface area contributed by atoms with Crippen LogP contribution in [0.25, 0.3) is 0 Å². The number of thiocarbonyl (C=S) groups is 1. The second-order valence-electron chi connectivity index (χ2n) is 8.23. The van der Waals surface area contributed by atoms with Crippen molar-refractivity contribution >= 4 is 46.2 Å². The fourth-order valence-electron chi connectivity index (χ4n) is 3.50. The van der Waals surface area contributed by atoms with Gasteiger partial charge in [0, 0.05) is 31.7 Å². The third kappa shape index (κ3) is 5.00. The van der Waals surface area contributed by atoms with Crippen LogP contribution in [-0.4, -0.2) is 42.1 Å². The van der Waals surface area contributed by atoms with Crippen LogP contribution in [0.5, 0.6) is 0 Å². The van der Waals surface area contributed by atoms with Crippen molar-refractivity contribution in [1.29, 1.82) is 0 Å². The van der Waals surface area contributed by atoms with Gasteiger partial charge in [0.25, 0.3) is 5.91 Å². The summed E-state index contributed by atoms with van der Waals surface area (Å²) in [6.07, 6.45) is 0. The molecule has 0 radical (unpaired) electrons. The SMILES string of the molecule is CC(C)(C)c1ccc(C(=O)N2CCN(c3c(Cl)cccc3NC(N)=S)CC2)cc1. The monoisotopic (exact) mass is 430 g/mol. The maximum absolute atomic E-state index is 12.9. The molecule has 0 bridgehead atoms. The van der Waals surface area contributed by atoms with Crippen molar-refractivity contribution in [3.63, 3.8) is 0 Å². The van der Waals surface area contributed by atoms with Gasteiger partial charge in [0.05, 0.1) is 16.4 Å². The van der Waals surface area contributed by atoms with E-state index in [1.807, 2.05) is 47.4 Å². The van der Waals surface area contributed by atoms with Crippen LogP contribution >= 0.6 is 23.8 Å². The maximum atomic E-state index is 12.9. The van der Waals surface area contributed by atoms with E-state index in [1.54, 1.807) is 0 Å². The lowest BCUT2D eigenvalue weighted by Gasteiger charge is -2.37. The van der Waals surface area contributed by atoms with Crippen molar-refractivity contribution in [2.45, 2.75) is 26.2 Å². The standard InChI is InChI=1S/C22H27ClN4OS/c1-22(2,3)16-9-7-15(8-10-16)20(28)27-13-11-26(12-14-27)19-17(23)5-4-6-18(19)25-21(24)29/h4-10H,11-14H2,1-3H3,(H3,24,25,29). The topological polar surface area (TPSA) is 61.6 Å². The number of rotatable bonds is 3. The molecule has 1 amide bonds. The van der Waals surface area contributed by atoms with Gasteiger partial charge < -0.3 is 20.9 Å². The molecule has 3 N–H and O–H groups in total. The molecular weight excluding hydrogens is 404 g/mol. The molecule has 7 heteroatoms. The molecule has 1 aliphatic rings. The van der Waals surface area contributed by atoms with Gasteiger partial charge in [0.1, 0.15) is 0 Å². The highest BCUT2D eigenvalue weighted by molar-refractivity contribution is 7.80. The lowest BCUT2D eigenvalue weighted by atomic mass is 9.86. The number of halogens is 1. The first-order chi connectivity index (χ1) is 13.7. The van der Waals surface area contributed by atoms with E-state index in [1.165, 1.54) is 5.56 Å². The minimum absolute atomic E-state index is 0.0609. The number of carbonyl (C=O) groups is 1. The van der Waals surface area contributed by atoms with Gasteiger partial charge >= 0.3 is 0 Å². The number of benzene rings is 2. The molecular formula is C22H27ClN4OS. The van der Waals surface area contributed by atoms with Crippen LogP contribution in [-0.2, 0) is 5.41 Å². The predicted octanol–water partition coefficient (Wildman–Crippen LogP) is 4.26. The van der Waals surface area contributed by atoms with Crippen molar-refractivity contribution in [3.8, 4) is 0 Å². The number of nitrogens with one attached hydrogen (secondary N) is 1. The Balaban J connectivity index is 1.70. The van der Waals surface area contributed by atoms with Gasteiger partial charge in [-0.05, 0) is 47.5 Å². The molecule has 0 saturated carbocycles. The first kappa shape index (κ1) is 21.4. The normalized spacial score (nSPS) is 14.6. The lowest BCUT2D eigenvalue weighted by molar-refractivity contribution is 0.0747. The number of carbonyl (C=O) groups excluding carboxylic acids is 1. The molecule has 2 aromatic carbocycles. The molecule has 29 heavy (non-hydrogen) atoms. The Morgan fingerprint density at radius 1 is 1.07 bits per heavy atom. The van der Waals surface area contributed by atoms with Crippen molar-refractivity contribution in [3.05, 3.63) is 58.6 Å². The molecule has 0 aromatic heterocycles. The number of amides is 1. The predicted molar refractivity (Wildman–Crippen MR) is 125 cm³/mol. The Hall–Kier alpha value is -2.31. The van der Waals surface area contributed by atoms with Gasteiger partial charge in [-0.25, -0.2) is 0 Å². The van der Waals surface area contributed by atoms with Gasteiger partial charge in [0.15, 0.2) is 5.11 Å². The summed E-state index contributed by atoms with van der Waals surface area (Å²) >= 11 is 11.4. The summed E-state index contributed by atoms with van der Waals surface area (Å²) in [5.41, 5.74) is 9.30. The van der Waals surface area contributed by atoms with Gasteiger partial charge in [-0.3, -0.25) is 4.79 Å². The Morgan fingerprint density at radius 3 is 2.24 bits per heavy atom. The van der Waals surface area contributed by atoms with Crippen LogP contribution < -0.4 is 16.0 Å². The largest absolute Gasteiger partial charge is 0.376 e. The molecule has 0 unspecified atom stereocenters. The van der Waals surface area contributed by atoms with E-state index < -0.39 is 0 Å². The molecule has 2 aromatic rings. The minimum Gasteiger partial charge on any atom is -0.376 e. The zero-order chi connectivity index (χ0) is 21.2. The molecule has 1 aliphatic heterocycles. The summed E-state index contributed by atoms with van der Waals surface area (Å²) in [6, 6.07) is 13.5. The second kappa shape index (κ2) is 8.59. The fourth-order valence-corrected chi connectivity index (χ4v) is 3.90. The summed E-state index contributed by atoms with van der Waals surface area (Å²) in [5.74, 6) is 0.0609. The highest BCUT2D eigenvalue weighted by atomic mass is 35.5. The quantitative estimate of drug-likeness (QED) is 0.712. The van der Waals surface area contributed by atoms with Crippen molar-refractivity contribution in [2.24, 2.45) is 5.73 Å². The van der Waals surface area contributed by atoms with Gasteiger partial charge in [-0.15, -0.1) is 0 Å². The van der Waals surface area contributed by atoms with E-state index in [4.69, 9.17) is 29.6 Å². The van der Waals surface area contributed by atoms with E-state index in [2.05, 4.69) is 31.0 Å². The van der Waals surface area contributed by atoms with Crippen LogP contribution in [0, 0.1) is 0 Å². The van der Waals surface area contributed by atoms with Crippen molar-refractivity contribution < 1.29 is 4.79 Å². The van der Waals surface area contributed by atoms with Crippen LogP contribution in [0.2, 0.25) is 5.02 Å². The molecule has 3 rings (SSSR count). The average Bonchev–Trinajstić information content (AvgIpc) is 2.67. The third-order valence-electron chi connectivity index (χ3n) is 5.13. The Kier molecular flexibility index (Phi) is 6.34. The Morgan fingerprint density at radius 2 is 1.69 bits per heavy atom. The molecule has 5 nitrogen and oxygen atoms in total. The smallest absolute Gasteiger partial charge is 0.253 e. The fraction of sp³-hybridized carbons (Fsp3) is 0.364. The molecule has 0 aliphatic carbocycles. The molecule has 1 saturated heterocycles. The van der Waals surface area contributed by atoms with E-state index in [9.17, 15) is 4.79 Å². The summed E-state index contributed by atoms with van der Waals surface area (Å²) in [6.45, 7) is 9.10. The highest BCUT2D eigenvalue weighted by Crippen LogP contribution is 2.34. The zero-order valence-electron chi connectivity index (χ0n) is 17.0. The first-order valence-corrected chi connectivity index (χ1v) is 10.4. The highest BCUT2D eigenvalue weighted by Gasteiger charge is 2.25. The van der Waals surface area contributed by atoms with Crippen molar-refractivity contribution in [2.75, 3.05) is 36.4 Å². The Bertz CT molecular complexity index is 900. The Labute approximate surface area is 182 Å². The van der Waals surface area contributed by atoms with Gasteiger partial charge in [-0.1, -0.05) is 50.6 Å². The average molecular weight is 431 g/mol. The summed E-state index contributed by atoms with van der Waals surface area (Å²) in [5, 5.41) is 3.82. The maximum Gasteiger partial charge on any atom is 0.253 e. The molecule has 1 heterocycles. The van der Waals surface area contributed by atoms with Gasteiger partial charge in [-0.2, -0.15) is 0 Å². The van der Waals surface area contributed by atoms with Crippen LogP contribution in [0.3, 0.4) is 0 Å². The molecule has 0 spiro atoms. The number of nitrogens with two attached hydrogens (primary N) is 1. The van der Waals surface area contributed by atoms with E-state index in [0.717, 1.165) is 16.9 Å². The van der Waals surface area contributed by atoms with E-state index in [0.29, 0.717) is 31.2 Å². The summed E-state index contributed by atoms with van der Waals surface area (Å²) in [7, 11) is 0. The van der Waals surface area contributed by atoms with Crippen LogP contribution in [0.15, 0.2) is 42.5 Å². The summed E-state index contributed by atoms with van der Waals surface area (Å²) in [4.78, 5) is 17.0. The first-order valence-electron chi connectivity index (χ1n) is 9.66. The molecule has 0 atom stereocenters. The molecule has 154 valence electrons. The number of piperazine rings is 1.